The normalized spacial score (nSPS) is 25.0. The number of carbonyl (C=O) groups excluding carboxylic acids is 3. The van der Waals surface area contributed by atoms with Crippen molar-refractivity contribution in [3.63, 3.8) is 0 Å². The van der Waals surface area contributed by atoms with Gasteiger partial charge in [-0.3, -0.25) is 9.59 Å². The number of alkyl carbamates (subject to hydrolysis) is 1. The van der Waals surface area contributed by atoms with E-state index in [9.17, 15) is 24.3 Å². The highest BCUT2D eigenvalue weighted by molar-refractivity contribution is 5.94. The molecule has 0 radical (unpaired) electrons. The van der Waals surface area contributed by atoms with E-state index < -0.39 is 47.4 Å². The molecular weight excluding hydrogens is 392 g/mol. The topological polar surface area (TPSA) is 131 Å². The summed E-state index contributed by atoms with van der Waals surface area (Å²) in [5.41, 5.74) is -0.812. The molecule has 2 aliphatic rings. The fraction of sp³-hybridized carbons (Fsp3) is 0.810. The summed E-state index contributed by atoms with van der Waals surface area (Å²) in [5.74, 6) is -4.59. The van der Waals surface area contributed by atoms with Crippen molar-refractivity contribution in [3.05, 3.63) is 0 Å². The SMILES string of the molecule is CCOC(=O)C1C(C(=O)NCC2CCCCC2)C1C(NC(=O)OC(C)(C)C)C(=O)O. The summed E-state index contributed by atoms with van der Waals surface area (Å²) >= 11 is 0. The van der Waals surface area contributed by atoms with E-state index in [-0.39, 0.29) is 12.5 Å². The number of hydrogen-bond acceptors (Lipinski definition) is 6. The number of aliphatic carboxylic acids is 1. The maximum absolute atomic E-state index is 12.8. The van der Waals surface area contributed by atoms with E-state index >= 15 is 0 Å². The molecule has 2 aliphatic carbocycles. The van der Waals surface area contributed by atoms with Gasteiger partial charge in [-0.1, -0.05) is 19.3 Å². The molecule has 170 valence electrons. The summed E-state index contributed by atoms with van der Waals surface area (Å²) in [6.07, 6.45) is 4.67. The largest absolute Gasteiger partial charge is 0.480 e. The Morgan fingerprint density at radius 2 is 1.70 bits per heavy atom. The van der Waals surface area contributed by atoms with Gasteiger partial charge in [0, 0.05) is 12.5 Å². The highest BCUT2D eigenvalue weighted by Crippen LogP contribution is 2.50. The van der Waals surface area contributed by atoms with Crippen molar-refractivity contribution in [2.75, 3.05) is 13.2 Å². The molecule has 2 rings (SSSR count). The first-order valence-electron chi connectivity index (χ1n) is 10.7. The van der Waals surface area contributed by atoms with Crippen LogP contribution in [0.2, 0.25) is 0 Å². The van der Waals surface area contributed by atoms with Gasteiger partial charge < -0.3 is 25.2 Å². The quantitative estimate of drug-likeness (QED) is 0.506. The second kappa shape index (κ2) is 10.1. The third-order valence-electron chi connectivity index (χ3n) is 5.55. The second-order valence-electron chi connectivity index (χ2n) is 9.09. The Labute approximate surface area is 177 Å². The molecule has 4 unspecified atom stereocenters. The minimum absolute atomic E-state index is 0.121. The molecule has 0 aromatic heterocycles. The van der Waals surface area contributed by atoms with Crippen molar-refractivity contribution >= 4 is 23.9 Å². The lowest BCUT2D eigenvalue weighted by molar-refractivity contribution is -0.146. The fourth-order valence-electron chi connectivity index (χ4n) is 4.14. The minimum atomic E-state index is -1.43. The first-order chi connectivity index (χ1) is 14.0. The second-order valence-corrected chi connectivity index (χ2v) is 9.09. The Morgan fingerprint density at radius 1 is 1.07 bits per heavy atom. The smallest absolute Gasteiger partial charge is 0.408 e. The molecule has 4 atom stereocenters. The maximum Gasteiger partial charge on any atom is 0.408 e. The van der Waals surface area contributed by atoms with Gasteiger partial charge in [0.15, 0.2) is 0 Å². The lowest BCUT2D eigenvalue weighted by Crippen LogP contribution is -2.46. The molecule has 2 fully saturated rings. The molecule has 0 saturated heterocycles. The molecule has 3 N–H and O–H groups in total. The van der Waals surface area contributed by atoms with Crippen LogP contribution in [-0.4, -0.2) is 53.8 Å². The minimum Gasteiger partial charge on any atom is -0.480 e. The monoisotopic (exact) mass is 426 g/mol. The van der Waals surface area contributed by atoms with Crippen molar-refractivity contribution in [2.24, 2.45) is 23.7 Å². The van der Waals surface area contributed by atoms with E-state index in [1.807, 2.05) is 0 Å². The Hall–Kier alpha value is -2.32. The van der Waals surface area contributed by atoms with Crippen LogP contribution in [-0.2, 0) is 23.9 Å². The number of nitrogens with one attached hydrogen (secondary N) is 2. The van der Waals surface area contributed by atoms with Crippen LogP contribution in [0, 0.1) is 23.7 Å². The number of amides is 2. The average Bonchev–Trinajstić information content (AvgIpc) is 3.39. The van der Waals surface area contributed by atoms with E-state index in [4.69, 9.17) is 9.47 Å². The lowest BCUT2D eigenvalue weighted by atomic mass is 9.89. The summed E-state index contributed by atoms with van der Waals surface area (Å²) in [6.45, 7) is 7.23. The number of esters is 1. The molecule has 2 saturated carbocycles. The third kappa shape index (κ3) is 6.60. The standard InChI is InChI=1S/C21H34N2O7/c1-5-29-19(27)15-13(16(18(25)26)23-20(28)30-21(2,3)4)14(15)17(24)22-11-12-9-7-6-8-10-12/h12-16H,5-11H2,1-4H3,(H,22,24)(H,23,28)(H,25,26). The summed E-state index contributed by atoms with van der Waals surface area (Å²) in [6, 6.07) is -1.43. The number of ether oxygens (including phenoxy) is 2. The van der Waals surface area contributed by atoms with E-state index in [2.05, 4.69) is 10.6 Å². The predicted octanol–water partition coefficient (Wildman–Crippen LogP) is 2.09. The number of hydrogen-bond donors (Lipinski definition) is 3. The van der Waals surface area contributed by atoms with Crippen LogP contribution in [0.4, 0.5) is 4.79 Å². The van der Waals surface area contributed by atoms with Gasteiger partial charge in [-0.05, 0) is 46.5 Å². The van der Waals surface area contributed by atoms with Gasteiger partial charge in [-0.2, -0.15) is 0 Å². The number of carbonyl (C=O) groups is 4. The Balaban J connectivity index is 2.07. The first-order valence-corrected chi connectivity index (χ1v) is 10.7. The van der Waals surface area contributed by atoms with Crippen LogP contribution in [0.3, 0.4) is 0 Å². The van der Waals surface area contributed by atoms with Crippen LogP contribution >= 0.6 is 0 Å². The van der Waals surface area contributed by atoms with Gasteiger partial charge in [0.25, 0.3) is 0 Å². The van der Waals surface area contributed by atoms with Crippen molar-refractivity contribution in [1.29, 1.82) is 0 Å². The molecule has 0 aromatic carbocycles. The molecule has 0 bridgehead atoms. The van der Waals surface area contributed by atoms with E-state index in [1.165, 1.54) is 6.42 Å². The zero-order valence-corrected chi connectivity index (χ0v) is 18.2. The molecule has 0 aliphatic heterocycles. The number of carboxylic acid groups (broad SMARTS) is 1. The highest BCUT2D eigenvalue weighted by atomic mass is 16.6. The number of rotatable bonds is 8. The van der Waals surface area contributed by atoms with E-state index in [0.717, 1.165) is 25.7 Å². The third-order valence-corrected chi connectivity index (χ3v) is 5.55. The summed E-state index contributed by atoms with van der Waals surface area (Å²) < 4.78 is 10.2. The van der Waals surface area contributed by atoms with E-state index in [0.29, 0.717) is 12.5 Å². The molecule has 0 heterocycles. The Bertz CT molecular complexity index is 652. The van der Waals surface area contributed by atoms with Crippen molar-refractivity contribution in [2.45, 2.75) is 71.4 Å². The molecule has 9 nitrogen and oxygen atoms in total. The average molecular weight is 427 g/mol. The van der Waals surface area contributed by atoms with Crippen LogP contribution < -0.4 is 10.6 Å². The van der Waals surface area contributed by atoms with Crippen LogP contribution in [0.25, 0.3) is 0 Å². The number of carboxylic acids is 1. The summed E-state index contributed by atoms with van der Waals surface area (Å²) in [5, 5.41) is 14.8. The lowest BCUT2D eigenvalue weighted by Gasteiger charge is -2.22. The molecular formula is C21H34N2O7. The van der Waals surface area contributed by atoms with Gasteiger partial charge in [-0.25, -0.2) is 9.59 Å². The van der Waals surface area contributed by atoms with Gasteiger partial charge in [0.05, 0.1) is 18.4 Å². The highest BCUT2D eigenvalue weighted by Gasteiger charge is 2.65. The molecule has 9 heteroatoms. The fourth-order valence-corrected chi connectivity index (χ4v) is 4.14. The van der Waals surface area contributed by atoms with Crippen molar-refractivity contribution in [3.8, 4) is 0 Å². The van der Waals surface area contributed by atoms with Gasteiger partial charge in [0.2, 0.25) is 5.91 Å². The molecule has 0 spiro atoms. The maximum atomic E-state index is 12.8. The van der Waals surface area contributed by atoms with E-state index in [1.54, 1.807) is 27.7 Å². The zero-order valence-electron chi connectivity index (χ0n) is 18.2. The molecule has 2 amide bonds. The van der Waals surface area contributed by atoms with Crippen LogP contribution in [0.5, 0.6) is 0 Å². The molecule has 0 aromatic rings. The van der Waals surface area contributed by atoms with Crippen LogP contribution in [0.15, 0.2) is 0 Å². The molecule has 30 heavy (non-hydrogen) atoms. The van der Waals surface area contributed by atoms with Gasteiger partial charge in [-0.15, -0.1) is 0 Å². The Morgan fingerprint density at radius 3 is 2.23 bits per heavy atom. The Kier molecular flexibility index (Phi) is 8.09. The zero-order chi connectivity index (χ0) is 22.5. The summed E-state index contributed by atoms with van der Waals surface area (Å²) in [7, 11) is 0. The van der Waals surface area contributed by atoms with Crippen molar-refractivity contribution < 1.29 is 33.8 Å². The first kappa shape index (κ1) is 24.0. The predicted molar refractivity (Wildman–Crippen MR) is 107 cm³/mol. The van der Waals surface area contributed by atoms with Crippen molar-refractivity contribution in [1.82, 2.24) is 10.6 Å². The summed E-state index contributed by atoms with van der Waals surface area (Å²) in [4.78, 5) is 49.0. The van der Waals surface area contributed by atoms with Gasteiger partial charge >= 0.3 is 18.0 Å². The van der Waals surface area contributed by atoms with Gasteiger partial charge in [0.1, 0.15) is 11.6 Å². The van der Waals surface area contributed by atoms with Crippen LogP contribution in [0.1, 0.15) is 59.8 Å².